The van der Waals surface area contributed by atoms with E-state index in [0.717, 1.165) is 41.2 Å². The lowest BCUT2D eigenvalue weighted by molar-refractivity contribution is -0.130. The second-order valence-corrected chi connectivity index (χ2v) is 8.56. The van der Waals surface area contributed by atoms with Gasteiger partial charge in [0.15, 0.2) is 11.5 Å². The van der Waals surface area contributed by atoms with Crippen molar-refractivity contribution in [3.05, 3.63) is 82.8 Å². The molecule has 2 aromatic carbocycles. The second kappa shape index (κ2) is 10.6. The van der Waals surface area contributed by atoms with Gasteiger partial charge in [-0.1, -0.05) is 41.6 Å². The molecule has 7 heteroatoms. The Bertz CT molecular complexity index is 1140. The second-order valence-electron chi connectivity index (χ2n) is 8.56. The van der Waals surface area contributed by atoms with Crippen molar-refractivity contribution in [2.75, 3.05) is 33.8 Å². The first-order valence-electron chi connectivity index (χ1n) is 11.4. The van der Waals surface area contributed by atoms with Gasteiger partial charge in [0.1, 0.15) is 12.4 Å². The zero-order valence-electron chi connectivity index (χ0n) is 20.2. The van der Waals surface area contributed by atoms with Crippen LogP contribution in [0.15, 0.2) is 59.1 Å². The number of nitrogens with zero attached hydrogens (tertiary/aromatic N) is 3. The highest BCUT2D eigenvalue weighted by atomic mass is 16.5. The lowest BCUT2D eigenvalue weighted by Gasteiger charge is -2.40. The molecule has 0 saturated carbocycles. The number of hydrogen-bond acceptors (Lipinski definition) is 6. The topological polar surface area (TPSA) is 68.0 Å². The summed E-state index contributed by atoms with van der Waals surface area (Å²) >= 11 is 0. The van der Waals surface area contributed by atoms with Gasteiger partial charge in [-0.05, 0) is 50.2 Å². The summed E-state index contributed by atoms with van der Waals surface area (Å²) in [6.45, 7) is 6.46. The van der Waals surface area contributed by atoms with Gasteiger partial charge in [0.05, 0.1) is 24.4 Å². The van der Waals surface area contributed by atoms with Crippen molar-refractivity contribution in [3.63, 3.8) is 0 Å². The highest BCUT2D eigenvalue weighted by molar-refractivity contribution is 5.92. The van der Waals surface area contributed by atoms with Crippen LogP contribution >= 0.6 is 0 Å². The normalized spacial score (nSPS) is 16.7. The van der Waals surface area contributed by atoms with Crippen molar-refractivity contribution in [2.45, 2.75) is 26.5 Å². The van der Waals surface area contributed by atoms with Crippen LogP contribution in [-0.4, -0.2) is 54.7 Å². The van der Waals surface area contributed by atoms with Gasteiger partial charge in [0.2, 0.25) is 5.91 Å². The highest BCUT2D eigenvalue weighted by Gasteiger charge is 2.29. The molecule has 0 bridgehead atoms. The van der Waals surface area contributed by atoms with Crippen LogP contribution in [0.25, 0.3) is 6.08 Å². The summed E-state index contributed by atoms with van der Waals surface area (Å²) in [5.74, 6) is 1.96. The summed E-state index contributed by atoms with van der Waals surface area (Å²) in [6, 6.07) is 15.9. The van der Waals surface area contributed by atoms with Crippen LogP contribution < -0.4 is 9.47 Å². The zero-order valence-corrected chi connectivity index (χ0v) is 20.2. The maximum atomic E-state index is 13.1. The Morgan fingerprint density at radius 2 is 1.94 bits per heavy atom. The van der Waals surface area contributed by atoms with E-state index in [1.54, 1.807) is 13.2 Å². The van der Waals surface area contributed by atoms with Gasteiger partial charge in [-0.2, -0.15) is 0 Å². The molecule has 0 spiro atoms. The summed E-state index contributed by atoms with van der Waals surface area (Å²) < 4.78 is 16.7. The predicted octanol–water partition coefficient (Wildman–Crippen LogP) is 4.41. The SMILES string of the molecule is COc1cc(/C=C/C(=O)N2CCN(C)CC2c2ccccc2)ccc1OCc1c(C)noc1C. The maximum absolute atomic E-state index is 13.1. The number of ether oxygens (including phenoxy) is 2. The van der Waals surface area contributed by atoms with E-state index in [9.17, 15) is 4.79 Å². The standard InChI is InChI=1S/C27H31N3O4/c1-19-23(20(2)34-28-19)18-33-25-12-10-21(16-26(25)32-4)11-13-27(31)30-15-14-29(3)17-24(30)22-8-6-5-7-9-22/h5-13,16,24H,14-15,17-18H2,1-4H3/b13-11+. The Morgan fingerprint density at radius 3 is 2.65 bits per heavy atom. The van der Waals surface area contributed by atoms with Crippen molar-refractivity contribution in [3.8, 4) is 11.5 Å². The Kier molecular flexibility index (Phi) is 7.33. The molecule has 0 radical (unpaired) electrons. The number of carbonyl (C=O) groups excluding carboxylic acids is 1. The van der Waals surface area contributed by atoms with Gasteiger partial charge in [0, 0.05) is 25.7 Å². The Balaban J connectivity index is 1.46. The summed E-state index contributed by atoms with van der Waals surface area (Å²) in [6.07, 6.45) is 3.46. The predicted molar refractivity (Wildman–Crippen MR) is 131 cm³/mol. The fraction of sp³-hybridized carbons (Fsp3) is 0.333. The molecule has 34 heavy (non-hydrogen) atoms. The van der Waals surface area contributed by atoms with Crippen molar-refractivity contribution in [1.29, 1.82) is 0 Å². The summed E-state index contributed by atoms with van der Waals surface area (Å²) in [5, 5.41) is 3.96. The average molecular weight is 462 g/mol. The van der Waals surface area contributed by atoms with E-state index < -0.39 is 0 Å². The van der Waals surface area contributed by atoms with Crippen LogP contribution in [0.1, 0.15) is 34.2 Å². The van der Waals surface area contributed by atoms with E-state index in [2.05, 4.69) is 29.2 Å². The van der Waals surface area contributed by atoms with Gasteiger partial charge in [-0.15, -0.1) is 0 Å². The first kappa shape index (κ1) is 23.6. The number of carbonyl (C=O) groups is 1. The van der Waals surface area contributed by atoms with E-state index in [4.69, 9.17) is 14.0 Å². The summed E-state index contributed by atoms with van der Waals surface area (Å²) in [4.78, 5) is 17.3. The lowest BCUT2D eigenvalue weighted by Crippen LogP contribution is -2.48. The third kappa shape index (κ3) is 5.31. The van der Waals surface area contributed by atoms with Crippen LogP contribution in [0.3, 0.4) is 0 Å². The molecule has 1 atom stereocenters. The fourth-order valence-electron chi connectivity index (χ4n) is 4.17. The molecule has 1 aromatic heterocycles. The van der Waals surface area contributed by atoms with Gasteiger partial charge in [-0.3, -0.25) is 4.79 Å². The average Bonchev–Trinajstić information content (AvgIpc) is 3.18. The number of hydrogen-bond donors (Lipinski definition) is 0. The van der Waals surface area contributed by atoms with Crippen LogP contribution in [0.5, 0.6) is 11.5 Å². The number of piperazine rings is 1. The van der Waals surface area contributed by atoms with Crippen LogP contribution in [0.2, 0.25) is 0 Å². The van der Waals surface area contributed by atoms with E-state index in [-0.39, 0.29) is 11.9 Å². The molecule has 2 heterocycles. The maximum Gasteiger partial charge on any atom is 0.247 e. The number of likely N-dealkylation sites (N-methyl/N-ethyl adjacent to an activating group) is 1. The Labute approximate surface area is 200 Å². The van der Waals surface area contributed by atoms with Gasteiger partial charge in [0.25, 0.3) is 0 Å². The minimum Gasteiger partial charge on any atom is -0.493 e. The smallest absolute Gasteiger partial charge is 0.247 e. The molecule has 1 saturated heterocycles. The molecular formula is C27H31N3O4. The van der Waals surface area contributed by atoms with Crippen LogP contribution in [-0.2, 0) is 11.4 Å². The number of aromatic nitrogens is 1. The summed E-state index contributed by atoms with van der Waals surface area (Å²) in [7, 11) is 3.70. The molecule has 7 nitrogen and oxygen atoms in total. The van der Waals surface area contributed by atoms with E-state index in [1.165, 1.54) is 0 Å². The fourth-order valence-corrected chi connectivity index (χ4v) is 4.17. The monoisotopic (exact) mass is 461 g/mol. The van der Waals surface area contributed by atoms with Crippen LogP contribution in [0.4, 0.5) is 0 Å². The molecule has 0 N–H and O–H groups in total. The van der Waals surface area contributed by atoms with E-state index in [1.807, 2.05) is 61.2 Å². The van der Waals surface area contributed by atoms with Gasteiger partial charge in [-0.25, -0.2) is 0 Å². The molecule has 1 unspecified atom stereocenters. The lowest BCUT2D eigenvalue weighted by atomic mass is 10.0. The molecule has 1 aliphatic rings. The third-order valence-corrected chi connectivity index (χ3v) is 6.21. The number of rotatable bonds is 7. The number of aryl methyl sites for hydroxylation is 2. The Hall–Kier alpha value is -3.58. The molecule has 4 rings (SSSR count). The third-order valence-electron chi connectivity index (χ3n) is 6.21. The van der Waals surface area contributed by atoms with Crippen LogP contribution in [0, 0.1) is 13.8 Å². The van der Waals surface area contributed by atoms with E-state index >= 15 is 0 Å². The quantitative estimate of drug-likeness (QED) is 0.486. The minimum absolute atomic E-state index is 0.000320. The van der Waals surface area contributed by atoms with Crippen molar-refractivity contribution in [1.82, 2.24) is 15.0 Å². The van der Waals surface area contributed by atoms with Gasteiger partial charge >= 0.3 is 0 Å². The van der Waals surface area contributed by atoms with E-state index in [0.29, 0.717) is 24.7 Å². The molecule has 178 valence electrons. The van der Waals surface area contributed by atoms with Gasteiger partial charge < -0.3 is 23.8 Å². The largest absolute Gasteiger partial charge is 0.493 e. The first-order valence-corrected chi connectivity index (χ1v) is 11.4. The molecule has 3 aromatic rings. The number of methoxy groups -OCH3 is 1. The Morgan fingerprint density at radius 1 is 1.15 bits per heavy atom. The highest BCUT2D eigenvalue weighted by Crippen LogP contribution is 2.30. The van der Waals surface area contributed by atoms with Crippen molar-refractivity contribution < 1.29 is 18.8 Å². The number of amides is 1. The minimum atomic E-state index is -0.000320. The summed E-state index contributed by atoms with van der Waals surface area (Å²) in [5.41, 5.74) is 3.75. The first-order chi connectivity index (χ1) is 16.5. The molecule has 1 aliphatic heterocycles. The molecular weight excluding hydrogens is 430 g/mol. The molecule has 1 amide bonds. The molecule has 1 fully saturated rings. The number of benzene rings is 2. The van der Waals surface area contributed by atoms with Crippen molar-refractivity contribution in [2.24, 2.45) is 0 Å². The molecule has 0 aliphatic carbocycles. The zero-order chi connectivity index (χ0) is 24.1. The van der Waals surface area contributed by atoms with Crippen molar-refractivity contribution >= 4 is 12.0 Å².